The quantitative estimate of drug-likeness (QED) is 0.807. The highest BCUT2D eigenvalue weighted by molar-refractivity contribution is 5.81. The molecular weight excluding hydrogens is 300 g/mol. The summed E-state index contributed by atoms with van der Waals surface area (Å²) in [6.45, 7) is 6.07. The molecule has 2 rings (SSSR count). The maximum atomic E-state index is 12.1. The monoisotopic (exact) mass is 326 g/mol. The number of carbonyl (C=O) groups is 1. The van der Waals surface area contributed by atoms with Crippen LogP contribution in [0.1, 0.15) is 38.8 Å². The predicted octanol–water partition coefficient (Wildman–Crippen LogP) is 4.03. The van der Waals surface area contributed by atoms with E-state index in [2.05, 4.69) is 19.2 Å². The number of nitrogens with one attached hydrogen (secondary N) is 1. The summed E-state index contributed by atoms with van der Waals surface area (Å²) in [7, 11) is 0. The summed E-state index contributed by atoms with van der Waals surface area (Å²) in [6, 6.07) is 16.8. The standard InChI is InChI=1S/C20H26N2O2/c1-14(2)13-19(21)20(23)22-15(3)16-9-11-18(12-10-16)24-17-7-5-4-6-8-17/h4-12,14-15,19H,13,21H2,1-3H3,(H,22,23)/t15-,19+/m0/s1. The molecule has 2 aromatic rings. The van der Waals surface area contributed by atoms with Crippen LogP contribution in [0.2, 0.25) is 0 Å². The van der Waals surface area contributed by atoms with Crippen molar-refractivity contribution in [2.24, 2.45) is 11.7 Å². The zero-order valence-corrected chi connectivity index (χ0v) is 14.5. The van der Waals surface area contributed by atoms with E-state index in [-0.39, 0.29) is 11.9 Å². The molecule has 0 aliphatic heterocycles. The smallest absolute Gasteiger partial charge is 0.237 e. The fourth-order valence-electron chi connectivity index (χ4n) is 2.47. The Labute approximate surface area is 144 Å². The van der Waals surface area contributed by atoms with E-state index < -0.39 is 6.04 Å². The van der Waals surface area contributed by atoms with Gasteiger partial charge in [-0.1, -0.05) is 44.2 Å². The highest BCUT2D eigenvalue weighted by Crippen LogP contribution is 2.23. The van der Waals surface area contributed by atoms with Crippen LogP contribution in [-0.4, -0.2) is 11.9 Å². The Morgan fingerprint density at radius 1 is 1.00 bits per heavy atom. The Morgan fingerprint density at radius 2 is 1.58 bits per heavy atom. The van der Waals surface area contributed by atoms with Crippen LogP contribution in [0.15, 0.2) is 54.6 Å². The van der Waals surface area contributed by atoms with Crippen LogP contribution in [0.4, 0.5) is 0 Å². The fourth-order valence-corrected chi connectivity index (χ4v) is 2.47. The van der Waals surface area contributed by atoms with Crippen LogP contribution in [0.25, 0.3) is 0 Å². The molecule has 0 aliphatic carbocycles. The molecule has 128 valence electrons. The van der Waals surface area contributed by atoms with E-state index in [1.165, 1.54) is 0 Å². The molecule has 0 saturated heterocycles. The Bertz CT molecular complexity index is 638. The van der Waals surface area contributed by atoms with Gasteiger partial charge in [0.05, 0.1) is 12.1 Å². The van der Waals surface area contributed by atoms with Crippen molar-refractivity contribution in [2.75, 3.05) is 0 Å². The number of carbonyl (C=O) groups excluding carboxylic acids is 1. The molecule has 0 radical (unpaired) electrons. The zero-order chi connectivity index (χ0) is 17.5. The van der Waals surface area contributed by atoms with Gasteiger partial charge in [0.15, 0.2) is 0 Å². The maximum absolute atomic E-state index is 12.1. The van der Waals surface area contributed by atoms with E-state index in [4.69, 9.17) is 10.5 Å². The normalized spacial score (nSPS) is 13.4. The number of amides is 1. The third-order valence-corrected chi connectivity index (χ3v) is 3.78. The van der Waals surface area contributed by atoms with Crippen LogP contribution in [0.3, 0.4) is 0 Å². The number of hydrogen-bond donors (Lipinski definition) is 2. The van der Waals surface area contributed by atoms with Gasteiger partial charge in [0.2, 0.25) is 5.91 Å². The summed E-state index contributed by atoms with van der Waals surface area (Å²) >= 11 is 0. The second kappa shape index (κ2) is 8.50. The molecule has 0 aromatic heterocycles. The first-order valence-corrected chi connectivity index (χ1v) is 8.34. The van der Waals surface area contributed by atoms with E-state index in [0.29, 0.717) is 12.3 Å². The van der Waals surface area contributed by atoms with E-state index in [1.54, 1.807) is 0 Å². The molecule has 0 unspecified atom stereocenters. The second-order valence-corrected chi connectivity index (χ2v) is 6.45. The van der Waals surface area contributed by atoms with Gasteiger partial charge in [-0.05, 0) is 49.1 Å². The molecule has 0 heterocycles. The van der Waals surface area contributed by atoms with Crippen LogP contribution < -0.4 is 15.8 Å². The van der Waals surface area contributed by atoms with E-state index in [0.717, 1.165) is 17.1 Å². The van der Waals surface area contributed by atoms with Gasteiger partial charge in [0, 0.05) is 0 Å². The summed E-state index contributed by atoms with van der Waals surface area (Å²) in [4.78, 5) is 12.1. The molecular formula is C20H26N2O2. The second-order valence-electron chi connectivity index (χ2n) is 6.45. The molecule has 0 spiro atoms. The number of hydrogen-bond acceptors (Lipinski definition) is 3. The lowest BCUT2D eigenvalue weighted by Crippen LogP contribution is -2.42. The summed E-state index contributed by atoms with van der Waals surface area (Å²) in [5, 5.41) is 2.97. The Kier molecular flexibility index (Phi) is 6.38. The van der Waals surface area contributed by atoms with Crippen molar-refractivity contribution >= 4 is 5.91 Å². The van der Waals surface area contributed by atoms with Crippen molar-refractivity contribution in [1.29, 1.82) is 0 Å². The van der Waals surface area contributed by atoms with Gasteiger partial charge in [0.25, 0.3) is 0 Å². The third-order valence-electron chi connectivity index (χ3n) is 3.78. The molecule has 0 fully saturated rings. The van der Waals surface area contributed by atoms with Gasteiger partial charge in [0.1, 0.15) is 11.5 Å². The first-order valence-electron chi connectivity index (χ1n) is 8.34. The van der Waals surface area contributed by atoms with Gasteiger partial charge in [-0.25, -0.2) is 0 Å². The van der Waals surface area contributed by atoms with Gasteiger partial charge >= 0.3 is 0 Å². The van der Waals surface area contributed by atoms with Gasteiger partial charge in [-0.2, -0.15) is 0 Å². The van der Waals surface area contributed by atoms with E-state index in [9.17, 15) is 4.79 Å². The van der Waals surface area contributed by atoms with Crippen molar-refractivity contribution in [3.63, 3.8) is 0 Å². The number of benzene rings is 2. The van der Waals surface area contributed by atoms with Crippen molar-refractivity contribution in [3.8, 4) is 11.5 Å². The molecule has 3 N–H and O–H groups in total. The van der Waals surface area contributed by atoms with Crippen LogP contribution >= 0.6 is 0 Å². The molecule has 0 aliphatic rings. The van der Waals surface area contributed by atoms with Crippen LogP contribution in [0.5, 0.6) is 11.5 Å². The molecule has 24 heavy (non-hydrogen) atoms. The predicted molar refractivity (Wildman–Crippen MR) is 96.9 cm³/mol. The molecule has 4 nitrogen and oxygen atoms in total. The Balaban J connectivity index is 1.93. The average molecular weight is 326 g/mol. The SMILES string of the molecule is CC(C)C[C@@H](N)C(=O)N[C@@H](C)c1ccc(Oc2ccccc2)cc1. The minimum absolute atomic E-state index is 0.0958. The molecule has 2 atom stereocenters. The third kappa shape index (κ3) is 5.39. The van der Waals surface area contributed by atoms with Crippen molar-refractivity contribution in [1.82, 2.24) is 5.32 Å². The van der Waals surface area contributed by atoms with Gasteiger partial charge in [-0.15, -0.1) is 0 Å². The van der Waals surface area contributed by atoms with Gasteiger partial charge < -0.3 is 15.8 Å². The number of nitrogens with two attached hydrogens (primary N) is 1. The van der Waals surface area contributed by atoms with Gasteiger partial charge in [-0.3, -0.25) is 4.79 Å². The highest BCUT2D eigenvalue weighted by atomic mass is 16.5. The summed E-state index contributed by atoms with van der Waals surface area (Å²) < 4.78 is 5.77. The number of para-hydroxylation sites is 1. The first kappa shape index (κ1) is 18.0. The molecule has 2 aromatic carbocycles. The molecule has 1 amide bonds. The molecule has 0 saturated carbocycles. The maximum Gasteiger partial charge on any atom is 0.237 e. The minimum Gasteiger partial charge on any atom is -0.457 e. The van der Waals surface area contributed by atoms with Crippen molar-refractivity contribution in [3.05, 3.63) is 60.2 Å². The lowest BCUT2D eigenvalue weighted by atomic mass is 10.0. The number of ether oxygens (including phenoxy) is 1. The lowest BCUT2D eigenvalue weighted by Gasteiger charge is -2.19. The largest absolute Gasteiger partial charge is 0.457 e. The van der Waals surface area contributed by atoms with Crippen molar-refractivity contribution in [2.45, 2.75) is 39.3 Å². The topological polar surface area (TPSA) is 64.4 Å². The highest BCUT2D eigenvalue weighted by Gasteiger charge is 2.17. The van der Waals surface area contributed by atoms with Crippen molar-refractivity contribution < 1.29 is 9.53 Å². The Morgan fingerprint density at radius 3 is 2.17 bits per heavy atom. The van der Waals surface area contributed by atoms with E-state index in [1.807, 2.05) is 61.5 Å². The lowest BCUT2D eigenvalue weighted by molar-refractivity contribution is -0.123. The first-order chi connectivity index (χ1) is 11.5. The summed E-state index contributed by atoms with van der Waals surface area (Å²) in [6.07, 6.45) is 0.683. The molecule has 4 heteroatoms. The fraction of sp³-hybridized carbons (Fsp3) is 0.350. The van der Waals surface area contributed by atoms with Crippen LogP contribution in [-0.2, 0) is 4.79 Å². The van der Waals surface area contributed by atoms with E-state index >= 15 is 0 Å². The molecule has 0 bridgehead atoms. The summed E-state index contributed by atoms with van der Waals surface area (Å²) in [5.74, 6) is 1.85. The zero-order valence-electron chi connectivity index (χ0n) is 14.5. The number of rotatable bonds is 7. The van der Waals surface area contributed by atoms with Crippen LogP contribution in [0, 0.1) is 5.92 Å². The average Bonchev–Trinajstić information content (AvgIpc) is 2.55. The minimum atomic E-state index is -0.465. The summed E-state index contributed by atoms with van der Waals surface area (Å²) in [5.41, 5.74) is 6.94. The Hall–Kier alpha value is -2.33.